The van der Waals surface area contributed by atoms with Gasteiger partial charge >= 0.3 is 0 Å². The minimum Gasteiger partial charge on any atom is -0.488 e. The predicted molar refractivity (Wildman–Crippen MR) is 62.7 cm³/mol. The number of hydrogen-bond acceptors (Lipinski definition) is 4. The number of rotatable bonds is 3. The average molecular weight is 287 g/mol. The van der Waals surface area contributed by atoms with Crippen LogP contribution in [-0.2, 0) is 0 Å². The Balaban J connectivity index is 2.17. The molecule has 1 aromatic carbocycles. The van der Waals surface area contributed by atoms with Gasteiger partial charge < -0.3 is 10.1 Å². The summed E-state index contributed by atoms with van der Waals surface area (Å²) in [5.74, 6) is 0.530. The van der Waals surface area contributed by atoms with E-state index in [1.54, 1.807) is 6.07 Å². The van der Waals surface area contributed by atoms with Crippen molar-refractivity contribution in [2.45, 2.75) is 12.5 Å². The topological polar surface area (TPSA) is 64.4 Å². The minimum absolute atomic E-state index is 0.0455. The number of halogens is 1. The van der Waals surface area contributed by atoms with Crippen molar-refractivity contribution < 1.29 is 9.66 Å². The Bertz CT molecular complexity index is 405. The second-order valence-corrected chi connectivity index (χ2v) is 4.46. The fraction of sp³-hybridized carbons (Fsp3) is 0.400. The van der Waals surface area contributed by atoms with Crippen LogP contribution >= 0.6 is 15.9 Å². The molecule has 0 bridgehead atoms. The lowest BCUT2D eigenvalue weighted by Crippen LogP contribution is -2.19. The highest BCUT2D eigenvalue weighted by Crippen LogP contribution is 2.30. The molecule has 0 spiro atoms. The van der Waals surface area contributed by atoms with Gasteiger partial charge in [0.25, 0.3) is 5.69 Å². The molecule has 0 aliphatic carbocycles. The van der Waals surface area contributed by atoms with Crippen molar-refractivity contribution in [3.8, 4) is 5.75 Å². The molecule has 0 radical (unpaired) electrons. The smallest absolute Gasteiger partial charge is 0.273 e. The molecule has 0 saturated carbocycles. The van der Waals surface area contributed by atoms with Gasteiger partial charge in [0.15, 0.2) is 0 Å². The Morgan fingerprint density at radius 3 is 3.00 bits per heavy atom. The van der Waals surface area contributed by atoms with Gasteiger partial charge in [-0.15, -0.1) is 0 Å². The fourth-order valence-electron chi connectivity index (χ4n) is 1.60. The summed E-state index contributed by atoms with van der Waals surface area (Å²) in [6.07, 6.45) is 1.02. The predicted octanol–water partition coefficient (Wildman–Crippen LogP) is 2.10. The molecule has 1 aromatic rings. The summed E-state index contributed by atoms with van der Waals surface area (Å²) < 4.78 is 6.42. The van der Waals surface area contributed by atoms with Gasteiger partial charge in [0, 0.05) is 12.6 Å². The van der Waals surface area contributed by atoms with Crippen molar-refractivity contribution in [3.63, 3.8) is 0 Å². The molecule has 1 heterocycles. The molecule has 1 atom stereocenters. The fourth-order valence-corrected chi connectivity index (χ4v) is 1.94. The van der Waals surface area contributed by atoms with E-state index in [-0.39, 0.29) is 11.8 Å². The molecule has 5 nitrogen and oxygen atoms in total. The van der Waals surface area contributed by atoms with Crippen LogP contribution in [0, 0.1) is 10.1 Å². The Kier molecular flexibility index (Phi) is 3.40. The van der Waals surface area contributed by atoms with Crippen LogP contribution in [0.25, 0.3) is 0 Å². The van der Waals surface area contributed by atoms with Gasteiger partial charge in [-0.25, -0.2) is 0 Å². The number of nitro benzene ring substituents is 1. The number of nitrogens with zero attached hydrogens (tertiary/aromatic N) is 1. The Hall–Kier alpha value is -1.14. The Labute approximate surface area is 101 Å². The van der Waals surface area contributed by atoms with E-state index in [4.69, 9.17) is 4.74 Å². The summed E-state index contributed by atoms with van der Waals surface area (Å²) >= 11 is 3.32. The molecule has 0 unspecified atom stereocenters. The summed E-state index contributed by atoms with van der Waals surface area (Å²) in [5, 5.41) is 13.8. The number of benzene rings is 1. The highest BCUT2D eigenvalue weighted by Gasteiger charge is 2.18. The molecule has 1 N–H and O–H groups in total. The van der Waals surface area contributed by atoms with E-state index >= 15 is 0 Å². The van der Waals surface area contributed by atoms with E-state index in [0.717, 1.165) is 24.0 Å². The molecule has 1 aliphatic heterocycles. The lowest BCUT2D eigenvalue weighted by Gasteiger charge is -2.13. The minimum atomic E-state index is -0.424. The summed E-state index contributed by atoms with van der Waals surface area (Å²) in [6.45, 7) is 1.71. The summed E-state index contributed by atoms with van der Waals surface area (Å²) in [5.41, 5.74) is 0.0455. The van der Waals surface area contributed by atoms with E-state index in [2.05, 4.69) is 21.2 Å². The molecule has 16 heavy (non-hydrogen) atoms. The van der Waals surface area contributed by atoms with Crippen molar-refractivity contribution in [2.75, 3.05) is 13.1 Å². The molecule has 86 valence electrons. The maximum Gasteiger partial charge on any atom is 0.273 e. The maximum absolute atomic E-state index is 10.6. The molecule has 1 saturated heterocycles. The van der Waals surface area contributed by atoms with Crippen LogP contribution in [0.3, 0.4) is 0 Å². The maximum atomic E-state index is 10.6. The zero-order valence-electron chi connectivity index (χ0n) is 8.48. The highest BCUT2D eigenvalue weighted by atomic mass is 79.9. The van der Waals surface area contributed by atoms with Gasteiger partial charge in [-0.05, 0) is 35.0 Å². The van der Waals surface area contributed by atoms with Gasteiger partial charge in [0.1, 0.15) is 11.9 Å². The van der Waals surface area contributed by atoms with Crippen LogP contribution in [0.5, 0.6) is 5.75 Å². The molecule has 1 fully saturated rings. The number of hydrogen-bond donors (Lipinski definition) is 1. The van der Waals surface area contributed by atoms with Gasteiger partial charge in [-0.2, -0.15) is 0 Å². The number of nitro groups is 1. The number of ether oxygens (including phenoxy) is 1. The van der Waals surface area contributed by atoms with Gasteiger partial charge in [0.05, 0.1) is 15.5 Å². The van der Waals surface area contributed by atoms with Crippen molar-refractivity contribution in [3.05, 3.63) is 32.8 Å². The zero-order valence-corrected chi connectivity index (χ0v) is 10.1. The van der Waals surface area contributed by atoms with E-state index in [9.17, 15) is 10.1 Å². The molecular weight excluding hydrogens is 276 g/mol. The lowest BCUT2D eigenvalue weighted by molar-refractivity contribution is -0.385. The van der Waals surface area contributed by atoms with Crippen molar-refractivity contribution in [1.29, 1.82) is 0 Å². The lowest BCUT2D eigenvalue weighted by atomic mass is 10.3. The van der Waals surface area contributed by atoms with Gasteiger partial charge in [-0.1, -0.05) is 0 Å². The Morgan fingerprint density at radius 1 is 1.56 bits per heavy atom. The van der Waals surface area contributed by atoms with Crippen LogP contribution < -0.4 is 10.1 Å². The van der Waals surface area contributed by atoms with Crippen LogP contribution in [-0.4, -0.2) is 24.1 Å². The third kappa shape index (κ3) is 2.51. The molecule has 0 aromatic heterocycles. The zero-order chi connectivity index (χ0) is 11.5. The quantitative estimate of drug-likeness (QED) is 0.683. The second-order valence-electron chi connectivity index (χ2n) is 3.60. The Morgan fingerprint density at radius 2 is 2.38 bits per heavy atom. The van der Waals surface area contributed by atoms with Crippen molar-refractivity contribution >= 4 is 21.6 Å². The van der Waals surface area contributed by atoms with Crippen molar-refractivity contribution in [2.24, 2.45) is 0 Å². The van der Waals surface area contributed by atoms with Crippen molar-refractivity contribution in [1.82, 2.24) is 5.32 Å². The first kappa shape index (κ1) is 11.3. The summed E-state index contributed by atoms with van der Waals surface area (Å²) in [6, 6.07) is 4.53. The second kappa shape index (κ2) is 4.80. The summed E-state index contributed by atoms with van der Waals surface area (Å²) in [7, 11) is 0. The van der Waals surface area contributed by atoms with Gasteiger partial charge in [-0.3, -0.25) is 10.1 Å². The van der Waals surface area contributed by atoms with E-state index in [1.165, 1.54) is 12.1 Å². The highest BCUT2D eigenvalue weighted by molar-refractivity contribution is 9.10. The van der Waals surface area contributed by atoms with E-state index < -0.39 is 4.92 Å². The van der Waals surface area contributed by atoms with Crippen LogP contribution in [0.2, 0.25) is 0 Å². The SMILES string of the molecule is O=[N+]([O-])c1ccc(Br)c(O[C@H]2CCNC2)c1. The molecule has 2 rings (SSSR count). The van der Waals surface area contributed by atoms with Crippen LogP contribution in [0.4, 0.5) is 5.69 Å². The first-order chi connectivity index (χ1) is 7.66. The normalized spacial score (nSPS) is 19.7. The number of non-ortho nitro benzene ring substituents is 1. The summed E-state index contributed by atoms with van der Waals surface area (Å²) in [4.78, 5) is 10.2. The first-order valence-corrected chi connectivity index (χ1v) is 5.77. The molecule has 1 aliphatic rings. The first-order valence-electron chi connectivity index (χ1n) is 4.98. The monoisotopic (exact) mass is 286 g/mol. The number of nitrogens with one attached hydrogen (secondary N) is 1. The standard InChI is InChI=1S/C10H11BrN2O3/c11-9-2-1-7(13(14)15)5-10(9)16-8-3-4-12-6-8/h1-2,5,8,12H,3-4,6H2/t8-/m0/s1. The van der Waals surface area contributed by atoms with Crippen LogP contribution in [0.1, 0.15) is 6.42 Å². The average Bonchev–Trinajstić information content (AvgIpc) is 2.73. The molecular formula is C10H11BrN2O3. The van der Waals surface area contributed by atoms with E-state index in [1.807, 2.05) is 0 Å². The molecule has 0 amide bonds. The largest absolute Gasteiger partial charge is 0.488 e. The third-order valence-electron chi connectivity index (χ3n) is 2.43. The third-order valence-corrected chi connectivity index (χ3v) is 3.09. The van der Waals surface area contributed by atoms with E-state index in [0.29, 0.717) is 5.75 Å². The molecule has 6 heteroatoms. The van der Waals surface area contributed by atoms with Crippen LogP contribution in [0.15, 0.2) is 22.7 Å². The van der Waals surface area contributed by atoms with Gasteiger partial charge in [0.2, 0.25) is 0 Å².